The molecule has 0 radical (unpaired) electrons. The van der Waals surface area contributed by atoms with Crippen LogP contribution in [0.3, 0.4) is 0 Å². The highest BCUT2D eigenvalue weighted by atomic mass is 35.5. The zero-order valence-electron chi connectivity index (χ0n) is 23.4. The summed E-state index contributed by atoms with van der Waals surface area (Å²) >= 11 is 5.95. The molecule has 0 aliphatic carbocycles. The number of amides is 1. The maximum atomic E-state index is 12.1. The number of hydrogen-bond acceptors (Lipinski definition) is 8. The largest absolute Gasteiger partial charge is 0.417 e. The third-order valence-corrected chi connectivity index (χ3v) is 7.08. The highest BCUT2D eigenvalue weighted by Crippen LogP contribution is 2.30. The molecule has 0 bridgehead atoms. The van der Waals surface area contributed by atoms with Crippen LogP contribution in [0.4, 0.5) is 0 Å². The molecule has 5 rings (SSSR count). The second kappa shape index (κ2) is 10.9. The molecule has 1 aliphatic heterocycles. The first-order valence-electron chi connectivity index (χ1n) is 12.7. The van der Waals surface area contributed by atoms with Gasteiger partial charge < -0.3 is 9.32 Å². The topological polar surface area (TPSA) is 110 Å². The molecule has 0 spiro atoms. The lowest BCUT2D eigenvalue weighted by Gasteiger charge is -2.44. The van der Waals surface area contributed by atoms with Gasteiger partial charge in [-0.1, -0.05) is 44.5 Å². The summed E-state index contributed by atoms with van der Waals surface area (Å²) in [6.45, 7) is 14.5. The molecule has 39 heavy (non-hydrogen) atoms. The maximum absolute atomic E-state index is 12.1. The Morgan fingerprint density at radius 2 is 1.82 bits per heavy atom. The number of aromatic nitrogens is 5. The Morgan fingerprint density at radius 3 is 2.38 bits per heavy atom. The molecular weight excluding hydrogens is 518 g/mol. The molecule has 0 unspecified atom stereocenters. The highest BCUT2D eigenvalue weighted by Gasteiger charge is 2.35. The molecule has 0 N–H and O–H groups in total. The number of hydrogen-bond donors (Lipinski definition) is 0. The number of likely N-dealkylation sites (N-methyl/N-ethyl adjacent to an activating group) is 1. The minimum absolute atomic E-state index is 0.0248. The van der Waals surface area contributed by atoms with E-state index in [0.717, 1.165) is 29.7 Å². The number of piperazine rings is 1. The normalized spacial score (nSPS) is 15.6. The van der Waals surface area contributed by atoms with Gasteiger partial charge in [-0.3, -0.25) is 14.5 Å². The van der Waals surface area contributed by atoms with Crippen LogP contribution in [0.1, 0.15) is 67.2 Å². The smallest absolute Gasteiger partial charge is 0.311 e. The monoisotopic (exact) mass is 551 g/mol. The van der Waals surface area contributed by atoms with Crippen molar-refractivity contribution >= 4 is 29.4 Å². The van der Waals surface area contributed by atoms with Crippen molar-refractivity contribution in [3.63, 3.8) is 0 Å². The number of carbonyl (C=O) groups is 2. The molecule has 11 heteroatoms. The van der Waals surface area contributed by atoms with Gasteiger partial charge in [0.1, 0.15) is 5.69 Å². The zero-order chi connectivity index (χ0) is 28.5. The second-order valence-electron chi connectivity index (χ2n) is 11.3. The van der Waals surface area contributed by atoms with E-state index in [2.05, 4.69) is 66.8 Å². The Balaban J connectivity index is 0.000000187. The first kappa shape index (κ1) is 28.4. The lowest BCUT2D eigenvalue weighted by molar-refractivity contribution is 0.0283. The van der Waals surface area contributed by atoms with Gasteiger partial charge >= 0.3 is 11.8 Å². The Morgan fingerprint density at radius 1 is 1.13 bits per heavy atom. The van der Waals surface area contributed by atoms with E-state index in [1.807, 2.05) is 30.3 Å². The summed E-state index contributed by atoms with van der Waals surface area (Å²) in [5.41, 5.74) is 3.79. The van der Waals surface area contributed by atoms with Crippen LogP contribution in [0.2, 0.25) is 5.02 Å². The quantitative estimate of drug-likeness (QED) is 0.337. The molecule has 1 saturated heterocycles. The average molecular weight is 552 g/mol. The van der Waals surface area contributed by atoms with Crippen LogP contribution in [-0.2, 0) is 5.41 Å². The summed E-state index contributed by atoms with van der Waals surface area (Å²) in [5.74, 6) is 0.330. The van der Waals surface area contributed by atoms with Gasteiger partial charge in [-0.15, -0.1) is 10.2 Å². The number of imidazole rings is 1. The van der Waals surface area contributed by atoms with Crippen LogP contribution < -0.4 is 0 Å². The van der Waals surface area contributed by atoms with Crippen molar-refractivity contribution in [1.82, 2.24) is 34.6 Å². The van der Waals surface area contributed by atoms with Crippen LogP contribution in [0.25, 0.3) is 16.9 Å². The molecule has 0 atom stereocenters. The molecular formula is C28H34ClN7O3. The number of aldehydes is 1. The van der Waals surface area contributed by atoms with Gasteiger partial charge in [-0.25, -0.2) is 9.50 Å². The lowest BCUT2D eigenvalue weighted by Crippen LogP contribution is -2.58. The number of carbonyl (C=O) groups excluding carboxylic acids is 2. The Bertz CT molecular complexity index is 1490. The van der Waals surface area contributed by atoms with E-state index in [1.54, 1.807) is 22.5 Å². The van der Waals surface area contributed by atoms with E-state index in [9.17, 15) is 9.59 Å². The molecule has 206 valence electrons. The van der Waals surface area contributed by atoms with Gasteiger partial charge in [0.15, 0.2) is 11.9 Å². The number of nitrogens with zero attached hydrogens (tertiary/aromatic N) is 7. The van der Waals surface area contributed by atoms with Gasteiger partial charge in [0, 0.05) is 48.2 Å². The standard InChI is InChI=1S/C17H16ClN3O.C11H18N4O2/c1-17(2,3)14-8-15(11-4-6-12(18)7-5-11)20-21-9-13(10-22)19-16(14)21;1-8-12-13-9(17-8)10(16)15-6-5-14(4)11(2,3)7-15/h4-10H,1-3H3;5-7H2,1-4H3. The maximum Gasteiger partial charge on any atom is 0.311 e. The molecule has 0 saturated carbocycles. The lowest BCUT2D eigenvalue weighted by atomic mass is 9.87. The summed E-state index contributed by atoms with van der Waals surface area (Å²) in [5, 5.41) is 12.7. The van der Waals surface area contributed by atoms with Crippen molar-refractivity contribution in [2.45, 2.75) is 52.5 Å². The van der Waals surface area contributed by atoms with Crippen LogP contribution >= 0.6 is 11.6 Å². The van der Waals surface area contributed by atoms with Gasteiger partial charge in [-0.05, 0) is 44.5 Å². The third-order valence-electron chi connectivity index (χ3n) is 6.83. The van der Waals surface area contributed by atoms with Crippen molar-refractivity contribution in [3.8, 4) is 11.3 Å². The zero-order valence-corrected chi connectivity index (χ0v) is 24.2. The van der Waals surface area contributed by atoms with E-state index in [4.69, 9.17) is 16.0 Å². The van der Waals surface area contributed by atoms with Crippen molar-refractivity contribution in [2.75, 3.05) is 26.7 Å². The Kier molecular flexibility index (Phi) is 7.90. The molecule has 1 aliphatic rings. The SMILES string of the molecule is CC(C)(C)c1cc(-c2ccc(Cl)cc2)nn2cc(C=O)nc12.Cc1nnc(C(=O)N2CCN(C)C(C)(C)C2)o1. The number of benzene rings is 1. The summed E-state index contributed by atoms with van der Waals surface area (Å²) in [4.78, 5) is 31.5. The van der Waals surface area contributed by atoms with E-state index >= 15 is 0 Å². The third kappa shape index (κ3) is 6.34. The van der Waals surface area contributed by atoms with Crippen molar-refractivity contribution in [2.24, 2.45) is 0 Å². The number of halogens is 1. The number of aryl methyl sites for hydroxylation is 1. The van der Waals surface area contributed by atoms with E-state index in [1.165, 1.54) is 0 Å². The fourth-order valence-electron chi connectivity index (χ4n) is 4.30. The molecule has 1 aromatic carbocycles. The molecule has 1 fully saturated rings. The fourth-order valence-corrected chi connectivity index (χ4v) is 4.42. The van der Waals surface area contributed by atoms with Crippen molar-refractivity contribution in [1.29, 1.82) is 0 Å². The minimum atomic E-state index is -0.174. The van der Waals surface area contributed by atoms with Gasteiger partial charge in [-0.2, -0.15) is 5.10 Å². The van der Waals surface area contributed by atoms with Crippen LogP contribution in [-0.4, -0.2) is 79.0 Å². The van der Waals surface area contributed by atoms with Gasteiger partial charge in [0.25, 0.3) is 0 Å². The first-order valence-corrected chi connectivity index (χ1v) is 13.1. The summed E-state index contributed by atoms with van der Waals surface area (Å²) in [6, 6.07) is 9.57. The number of rotatable bonds is 3. The molecule has 1 amide bonds. The minimum Gasteiger partial charge on any atom is -0.417 e. The van der Waals surface area contributed by atoms with Crippen LogP contribution in [0, 0.1) is 6.92 Å². The van der Waals surface area contributed by atoms with Gasteiger partial charge in [0.2, 0.25) is 5.89 Å². The molecule has 3 aromatic heterocycles. The number of fused-ring (bicyclic) bond motifs is 1. The van der Waals surface area contributed by atoms with Crippen molar-refractivity contribution in [3.05, 3.63) is 64.6 Å². The van der Waals surface area contributed by atoms with Crippen LogP contribution in [0.15, 0.2) is 40.9 Å². The molecule has 4 heterocycles. The Labute approximate surface area is 233 Å². The Hall–Kier alpha value is -3.63. The average Bonchev–Trinajstić information content (AvgIpc) is 3.50. The van der Waals surface area contributed by atoms with Gasteiger partial charge in [0.05, 0.1) is 11.9 Å². The molecule has 4 aromatic rings. The second-order valence-corrected chi connectivity index (χ2v) is 11.8. The predicted molar refractivity (Wildman–Crippen MR) is 149 cm³/mol. The summed E-state index contributed by atoms with van der Waals surface area (Å²) in [6.07, 6.45) is 2.39. The first-order chi connectivity index (χ1) is 18.3. The van der Waals surface area contributed by atoms with E-state index < -0.39 is 0 Å². The molecule has 10 nitrogen and oxygen atoms in total. The van der Waals surface area contributed by atoms with E-state index in [-0.39, 0.29) is 22.8 Å². The highest BCUT2D eigenvalue weighted by molar-refractivity contribution is 6.30. The van der Waals surface area contributed by atoms with E-state index in [0.29, 0.717) is 35.3 Å². The van der Waals surface area contributed by atoms with Crippen molar-refractivity contribution < 1.29 is 14.0 Å². The predicted octanol–water partition coefficient (Wildman–Crippen LogP) is 4.70. The summed E-state index contributed by atoms with van der Waals surface area (Å²) < 4.78 is 6.84. The fraction of sp³-hybridized carbons (Fsp3) is 0.429. The summed E-state index contributed by atoms with van der Waals surface area (Å²) in [7, 11) is 2.07. The van der Waals surface area contributed by atoms with Crippen LogP contribution in [0.5, 0.6) is 0 Å².